The van der Waals surface area contributed by atoms with Gasteiger partial charge < -0.3 is 9.84 Å². The molecule has 2 unspecified atom stereocenters. The number of nitrogens with zero attached hydrogens (tertiary/aromatic N) is 1. The minimum Gasteiger partial charge on any atom is -0.481 e. The summed E-state index contributed by atoms with van der Waals surface area (Å²) in [6.45, 7) is 0. The van der Waals surface area contributed by atoms with Gasteiger partial charge in [-0.05, 0) is 65.2 Å². The number of ether oxygens (including phenoxy) is 1. The number of benzene rings is 6. The molecule has 0 saturated heterocycles. The number of carboxylic acid groups (broad SMARTS) is 1. The average Bonchev–Trinajstić information content (AvgIpc) is 3.52. The van der Waals surface area contributed by atoms with Crippen molar-refractivity contribution >= 4 is 50.9 Å². The van der Waals surface area contributed by atoms with E-state index in [0.29, 0.717) is 17.3 Å². The SMILES string of the molecule is O=C(O)CCSCCC(=O)Oc1ccc(S2(c3ccccc3)C(c3ccccc3)C(c3ccccc3)=C(c3ccccc3)N2c2ccccc2)cc1. The molecule has 0 aromatic heterocycles. The number of anilines is 1. The van der Waals surface area contributed by atoms with Crippen LogP contribution in [0.4, 0.5) is 5.69 Å². The second-order valence-corrected chi connectivity index (χ2v) is 16.6. The zero-order valence-electron chi connectivity index (χ0n) is 28.6. The van der Waals surface area contributed by atoms with Gasteiger partial charge in [-0.3, -0.25) is 13.9 Å². The number of carbonyl (C=O) groups excluding carboxylic acids is 1. The third-order valence-corrected chi connectivity index (χ3v) is 14.1. The smallest absolute Gasteiger partial charge is 0.312 e. The minimum absolute atomic E-state index is 0.0729. The molecule has 1 aliphatic rings. The highest BCUT2D eigenvalue weighted by molar-refractivity contribution is 8.36. The van der Waals surface area contributed by atoms with Gasteiger partial charge in [-0.25, -0.2) is 0 Å². The molecular weight excluding hydrogens is 683 g/mol. The number of esters is 1. The molecule has 2 atom stereocenters. The summed E-state index contributed by atoms with van der Waals surface area (Å²) >= 11 is 1.44. The lowest BCUT2D eigenvalue weighted by atomic mass is 9.93. The third kappa shape index (κ3) is 7.15. The molecule has 0 radical (unpaired) electrons. The molecule has 0 amide bonds. The Morgan fingerprint density at radius 2 is 1.10 bits per heavy atom. The predicted molar refractivity (Wildman–Crippen MR) is 215 cm³/mol. The molecule has 1 heterocycles. The van der Waals surface area contributed by atoms with Gasteiger partial charge in [0.15, 0.2) is 0 Å². The number of thioether (sulfide) groups is 1. The average molecular weight is 722 g/mol. The summed E-state index contributed by atoms with van der Waals surface area (Å²) in [6, 6.07) is 61.9. The molecule has 7 rings (SSSR count). The summed E-state index contributed by atoms with van der Waals surface area (Å²) in [5.41, 5.74) is 6.99. The number of rotatable bonds is 13. The van der Waals surface area contributed by atoms with E-state index in [9.17, 15) is 9.59 Å². The molecule has 6 aromatic carbocycles. The molecule has 52 heavy (non-hydrogen) atoms. The fraction of sp³-hybridized carbons (Fsp3) is 0.111. The van der Waals surface area contributed by atoms with Gasteiger partial charge in [0.25, 0.3) is 0 Å². The first-order chi connectivity index (χ1) is 25.6. The Bertz CT molecular complexity index is 2030. The summed E-state index contributed by atoms with van der Waals surface area (Å²) in [6.07, 6.45) is 0.275. The van der Waals surface area contributed by atoms with Gasteiger partial charge in [0.05, 0.1) is 29.5 Å². The lowest BCUT2D eigenvalue weighted by molar-refractivity contribution is -0.136. The Morgan fingerprint density at radius 1 is 0.596 bits per heavy atom. The van der Waals surface area contributed by atoms with E-state index in [1.807, 2.05) is 12.1 Å². The molecule has 0 saturated carbocycles. The van der Waals surface area contributed by atoms with Gasteiger partial charge >= 0.3 is 11.9 Å². The number of carboxylic acids is 1. The van der Waals surface area contributed by atoms with Crippen molar-refractivity contribution in [3.8, 4) is 5.75 Å². The zero-order chi connectivity index (χ0) is 35.8. The van der Waals surface area contributed by atoms with Gasteiger partial charge in [-0.15, -0.1) is 0 Å². The van der Waals surface area contributed by atoms with Gasteiger partial charge in [-0.2, -0.15) is 11.8 Å². The molecule has 1 aliphatic heterocycles. The Kier molecular flexibility index (Phi) is 10.9. The van der Waals surface area contributed by atoms with E-state index in [-0.39, 0.29) is 24.1 Å². The van der Waals surface area contributed by atoms with Gasteiger partial charge in [0.1, 0.15) is 5.75 Å². The number of carbonyl (C=O) groups is 2. The van der Waals surface area contributed by atoms with Crippen molar-refractivity contribution in [3.05, 3.63) is 193 Å². The van der Waals surface area contributed by atoms with E-state index in [1.165, 1.54) is 27.8 Å². The van der Waals surface area contributed by atoms with Gasteiger partial charge in [0.2, 0.25) is 0 Å². The Labute approximate surface area is 311 Å². The summed E-state index contributed by atoms with van der Waals surface area (Å²) in [4.78, 5) is 26.0. The van der Waals surface area contributed by atoms with Crippen LogP contribution in [0.2, 0.25) is 0 Å². The van der Waals surface area contributed by atoms with E-state index in [0.717, 1.165) is 27.4 Å². The van der Waals surface area contributed by atoms with Crippen molar-refractivity contribution in [1.29, 1.82) is 0 Å². The molecule has 7 heteroatoms. The summed E-state index contributed by atoms with van der Waals surface area (Å²) in [5, 5.41) is 8.81. The summed E-state index contributed by atoms with van der Waals surface area (Å²) in [7, 11) is -2.21. The highest BCUT2D eigenvalue weighted by atomic mass is 32.3. The maximum Gasteiger partial charge on any atom is 0.312 e. The van der Waals surface area contributed by atoms with Crippen molar-refractivity contribution in [2.75, 3.05) is 15.8 Å². The van der Waals surface area contributed by atoms with Gasteiger partial charge in [-0.1, -0.05) is 138 Å². The molecule has 1 N–H and O–H groups in total. The van der Waals surface area contributed by atoms with Crippen LogP contribution >= 0.6 is 22.0 Å². The fourth-order valence-electron chi connectivity index (χ4n) is 6.84. The zero-order valence-corrected chi connectivity index (χ0v) is 30.2. The van der Waals surface area contributed by atoms with Crippen LogP contribution in [-0.4, -0.2) is 28.6 Å². The second kappa shape index (κ2) is 16.2. The quantitative estimate of drug-likeness (QED) is 0.0727. The minimum atomic E-state index is -2.21. The number of hydrogen-bond donors (Lipinski definition) is 1. The monoisotopic (exact) mass is 721 g/mol. The van der Waals surface area contributed by atoms with E-state index in [2.05, 4.69) is 168 Å². The molecule has 0 aliphatic carbocycles. The van der Waals surface area contributed by atoms with Crippen LogP contribution in [0.15, 0.2) is 186 Å². The van der Waals surface area contributed by atoms with Crippen LogP contribution in [0.3, 0.4) is 0 Å². The van der Waals surface area contributed by atoms with Gasteiger partial charge in [0, 0.05) is 26.9 Å². The number of para-hydroxylation sites is 1. The molecule has 6 aromatic rings. The van der Waals surface area contributed by atoms with E-state index >= 15 is 0 Å². The Hall–Kier alpha value is -5.50. The first-order valence-corrected chi connectivity index (χ1v) is 20.1. The highest BCUT2D eigenvalue weighted by Crippen LogP contribution is 2.82. The molecule has 5 nitrogen and oxygen atoms in total. The van der Waals surface area contributed by atoms with Crippen LogP contribution in [-0.2, 0) is 9.59 Å². The third-order valence-electron chi connectivity index (χ3n) is 9.00. The van der Waals surface area contributed by atoms with E-state index in [1.54, 1.807) is 0 Å². The van der Waals surface area contributed by atoms with Crippen LogP contribution in [0.5, 0.6) is 5.75 Å². The van der Waals surface area contributed by atoms with Crippen molar-refractivity contribution in [2.24, 2.45) is 0 Å². The lowest BCUT2D eigenvalue weighted by Gasteiger charge is -2.51. The molecule has 0 bridgehead atoms. The summed E-state index contributed by atoms with van der Waals surface area (Å²) in [5.74, 6) is 0.273. The normalized spacial score (nSPS) is 18.1. The first-order valence-electron chi connectivity index (χ1n) is 17.3. The van der Waals surface area contributed by atoms with Crippen LogP contribution in [0.25, 0.3) is 11.3 Å². The van der Waals surface area contributed by atoms with E-state index in [4.69, 9.17) is 9.84 Å². The topological polar surface area (TPSA) is 66.8 Å². The largest absolute Gasteiger partial charge is 0.481 e. The maximum absolute atomic E-state index is 12.8. The Balaban J connectivity index is 1.44. The van der Waals surface area contributed by atoms with Crippen molar-refractivity contribution in [1.82, 2.24) is 0 Å². The van der Waals surface area contributed by atoms with Crippen molar-refractivity contribution in [2.45, 2.75) is 27.9 Å². The van der Waals surface area contributed by atoms with Crippen LogP contribution < -0.4 is 9.04 Å². The molecule has 0 fully saturated rings. The first kappa shape index (κ1) is 34.9. The maximum atomic E-state index is 12.8. The second-order valence-electron chi connectivity index (χ2n) is 12.3. The summed E-state index contributed by atoms with van der Waals surface area (Å²) < 4.78 is 8.42. The Morgan fingerprint density at radius 3 is 1.69 bits per heavy atom. The molecule has 0 spiro atoms. The van der Waals surface area contributed by atoms with Crippen LogP contribution in [0, 0.1) is 0 Å². The number of hydrogen-bond acceptors (Lipinski definition) is 5. The number of aliphatic carboxylic acids is 1. The van der Waals surface area contributed by atoms with Crippen molar-refractivity contribution in [3.63, 3.8) is 0 Å². The molecular formula is C45H39NO4S2. The lowest BCUT2D eigenvalue weighted by Crippen LogP contribution is -2.26. The standard InChI is InChI=1S/C45H39NO4S2/c47-41(48)30-32-51-33-31-42(49)50-38-26-28-40(29-27-38)52(39-24-14-5-15-25-39)45(36-20-10-3-11-21-36)43(34-16-6-1-7-17-34)44(35-18-8-2-9-19-35)46(52)37-22-12-4-13-23-37/h1-29,45H,30-33H2,(H,47,48). The highest BCUT2D eigenvalue weighted by Gasteiger charge is 2.53. The van der Waals surface area contributed by atoms with E-state index < -0.39 is 16.2 Å². The predicted octanol–water partition coefficient (Wildman–Crippen LogP) is 11.2. The van der Waals surface area contributed by atoms with Crippen molar-refractivity contribution < 1.29 is 19.4 Å². The molecule has 260 valence electrons. The van der Waals surface area contributed by atoms with Crippen LogP contribution in [0.1, 0.15) is 34.8 Å². The fourth-order valence-corrected chi connectivity index (χ4v) is 12.3.